The molecule has 64 valence electrons. The lowest BCUT2D eigenvalue weighted by Gasteiger charge is -2.20. The molecule has 0 aliphatic heterocycles. The van der Waals surface area contributed by atoms with E-state index in [4.69, 9.17) is 18.0 Å². The standard InChI is InChI=1S/C7H14N2OS/c1-3-5(2)6(7(8)11)9-4-10/h4-6H,3H2,1-2H3,(H2,8,11)(H,9,10)/t5?,6-/m0/s1. The Morgan fingerprint density at radius 3 is 2.64 bits per heavy atom. The molecular formula is C7H14N2OS. The minimum Gasteiger partial charge on any atom is -0.392 e. The van der Waals surface area contributed by atoms with Gasteiger partial charge in [0.2, 0.25) is 6.41 Å². The molecule has 3 nitrogen and oxygen atoms in total. The van der Waals surface area contributed by atoms with Crippen molar-refractivity contribution in [3.8, 4) is 0 Å². The van der Waals surface area contributed by atoms with Crippen molar-refractivity contribution in [2.24, 2.45) is 11.7 Å². The summed E-state index contributed by atoms with van der Waals surface area (Å²) in [5.74, 6) is 0.303. The predicted octanol–water partition coefficient (Wildman–Crippen LogP) is 0.433. The summed E-state index contributed by atoms with van der Waals surface area (Å²) in [5.41, 5.74) is 5.41. The highest BCUT2D eigenvalue weighted by Crippen LogP contribution is 2.06. The van der Waals surface area contributed by atoms with Crippen molar-refractivity contribution in [3.05, 3.63) is 0 Å². The number of rotatable bonds is 5. The van der Waals surface area contributed by atoms with Gasteiger partial charge in [-0.2, -0.15) is 0 Å². The molecule has 0 aliphatic carbocycles. The fraction of sp³-hybridized carbons (Fsp3) is 0.714. The van der Waals surface area contributed by atoms with E-state index in [9.17, 15) is 4.79 Å². The summed E-state index contributed by atoms with van der Waals surface area (Å²) in [6, 6.07) is -0.160. The molecule has 0 rings (SSSR count). The first-order chi connectivity index (χ1) is 5.13. The Balaban J connectivity index is 4.08. The zero-order valence-corrected chi connectivity index (χ0v) is 7.65. The minimum atomic E-state index is -0.160. The average Bonchev–Trinajstić information content (AvgIpc) is 1.98. The lowest BCUT2D eigenvalue weighted by Crippen LogP contribution is -2.43. The number of nitrogens with two attached hydrogens (primary N) is 1. The molecule has 2 atom stereocenters. The Hall–Kier alpha value is -0.640. The first-order valence-electron chi connectivity index (χ1n) is 3.62. The zero-order valence-electron chi connectivity index (χ0n) is 6.83. The maximum Gasteiger partial charge on any atom is 0.207 e. The van der Waals surface area contributed by atoms with E-state index in [1.54, 1.807) is 0 Å². The topological polar surface area (TPSA) is 55.1 Å². The fourth-order valence-corrected chi connectivity index (χ4v) is 1.14. The van der Waals surface area contributed by atoms with Gasteiger partial charge in [0.15, 0.2) is 0 Å². The molecule has 0 aromatic heterocycles. The molecule has 0 heterocycles. The van der Waals surface area contributed by atoms with Crippen LogP contribution in [0.4, 0.5) is 0 Å². The van der Waals surface area contributed by atoms with Gasteiger partial charge in [-0.05, 0) is 5.92 Å². The second-order valence-electron chi connectivity index (χ2n) is 2.55. The highest BCUT2D eigenvalue weighted by atomic mass is 32.1. The fourth-order valence-electron chi connectivity index (χ4n) is 0.836. The van der Waals surface area contributed by atoms with Crippen molar-refractivity contribution in [2.45, 2.75) is 26.3 Å². The first-order valence-corrected chi connectivity index (χ1v) is 4.03. The molecule has 0 aromatic rings. The average molecular weight is 174 g/mol. The molecular weight excluding hydrogens is 160 g/mol. The van der Waals surface area contributed by atoms with E-state index in [1.165, 1.54) is 0 Å². The number of hydrogen-bond acceptors (Lipinski definition) is 2. The van der Waals surface area contributed by atoms with E-state index in [0.29, 0.717) is 17.3 Å². The lowest BCUT2D eigenvalue weighted by molar-refractivity contribution is -0.110. The Labute approximate surface area is 72.3 Å². The van der Waals surface area contributed by atoms with Crippen LogP contribution in [0.5, 0.6) is 0 Å². The largest absolute Gasteiger partial charge is 0.392 e. The maximum atomic E-state index is 10.1. The van der Waals surface area contributed by atoms with E-state index in [2.05, 4.69) is 5.32 Å². The first kappa shape index (κ1) is 10.4. The van der Waals surface area contributed by atoms with Crippen LogP contribution >= 0.6 is 12.2 Å². The monoisotopic (exact) mass is 174 g/mol. The highest BCUT2D eigenvalue weighted by Gasteiger charge is 2.16. The molecule has 0 bridgehead atoms. The zero-order chi connectivity index (χ0) is 8.85. The van der Waals surface area contributed by atoms with Gasteiger partial charge in [0.25, 0.3) is 0 Å². The van der Waals surface area contributed by atoms with Crippen LogP contribution in [0.2, 0.25) is 0 Å². The smallest absolute Gasteiger partial charge is 0.207 e. The van der Waals surface area contributed by atoms with Crippen LogP contribution in [0.25, 0.3) is 0 Å². The summed E-state index contributed by atoms with van der Waals surface area (Å²) >= 11 is 4.78. The molecule has 0 aromatic carbocycles. The molecule has 4 heteroatoms. The lowest BCUT2D eigenvalue weighted by atomic mass is 10.00. The highest BCUT2D eigenvalue weighted by molar-refractivity contribution is 7.80. The quantitative estimate of drug-likeness (QED) is 0.469. The number of nitrogens with one attached hydrogen (secondary N) is 1. The Bertz CT molecular complexity index is 149. The van der Waals surface area contributed by atoms with Crippen molar-refractivity contribution in [3.63, 3.8) is 0 Å². The van der Waals surface area contributed by atoms with Crippen LogP contribution in [0.3, 0.4) is 0 Å². The Morgan fingerprint density at radius 2 is 2.36 bits per heavy atom. The number of thiocarbonyl (C=S) groups is 1. The molecule has 0 saturated carbocycles. The van der Waals surface area contributed by atoms with Crippen LogP contribution in [0, 0.1) is 5.92 Å². The normalized spacial score (nSPS) is 15.1. The van der Waals surface area contributed by atoms with Crippen molar-refractivity contribution >= 4 is 23.6 Å². The van der Waals surface area contributed by atoms with Crippen molar-refractivity contribution in [1.82, 2.24) is 5.32 Å². The molecule has 1 unspecified atom stereocenters. The molecule has 0 radical (unpaired) electrons. The maximum absolute atomic E-state index is 10.1. The molecule has 0 saturated heterocycles. The van der Waals surface area contributed by atoms with E-state index < -0.39 is 0 Å². The van der Waals surface area contributed by atoms with Gasteiger partial charge in [-0.25, -0.2) is 0 Å². The van der Waals surface area contributed by atoms with Crippen LogP contribution in [-0.4, -0.2) is 17.4 Å². The number of carbonyl (C=O) groups excluding carboxylic acids is 1. The Kier molecular flexibility index (Phi) is 4.77. The summed E-state index contributed by atoms with van der Waals surface area (Å²) in [4.78, 5) is 10.5. The summed E-state index contributed by atoms with van der Waals surface area (Å²) < 4.78 is 0. The summed E-state index contributed by atoms with van der Waals surface area (Å²) in [7, 11) is 0. The third kappa shape index (κ3) is 3.32. The van der Waals surface area contributed by atoms with E-state index >= 15 is 0 Å². The molecule has 0 spiro atoms. The van der Waals surface area contributed by atoms with E-state index in [1.807, 2.05) is 13.8 Å². The SMILES string of the molecule is CCC(C)[C@H](NC=O)C(N)=S. The third-order valence-corrected chi connectivity index (χ3v) is 2.02. The van der Waals surface area contributed by atoms with E-state index in [0.717, 1.165) is 6.42 Å². The molecule has 11 heavy (non-hydrogen) atoms. The molecule has 0 aliphatic rings. The molecule has 3 N–H and O–H groups in total. The number of amides is 1. The molecule has 1 amide bonds. The minimum absolute atomic E-state index is 0.160. The van der Waals surface area contributed by atoms with E-state index in [-0.39, 0.29) is 6.04 Å². The van der Waals surface area contributed by atoms with Gasteiger partial charge in [0.1, 0.15) is 0 Å². The van der Waals surface area contributed by atoms with Crippen molar-refractivity contribution < 1.29 is 4.79 Å². The second kappa shape index (κ2) is 5.07. The predicted molar refractivity (Wildman–Crippen MR) is 49.2 cm³/mol. The van der Waals surface area contributed by atoms with Gasteiger partial charge in [-0.3, -0.25) is 4.79 Å². The van der Waals surface area contributed by atoms with Gasteiger partial charge in [-0.1, -0.05) is 32.5 Å². The van der Waals surface area contributed by atoms with Crippen LogP contribution in [0.1, 0.15) is 20.3 Å². The second-order valence-corrected chi connectivity index (χ2v) is 3.02. The summed E-state index contributed by atoms with van der Waals surface area (Å²) in [6.07, 6.45) is 1.58. The van der Waals surface area contributed by atoms with Crippen LogP contribution < -0.4 is 11.1 Å². The third-order valence-electron chi connectivity index (χ3n) is 1.77. The number of carbonyl (C=O) groups is 1. The summed E-state index contributed by atoms with van der Waals surface area (Å²) in [5, 5.41) is 2.59. The van der Waals surface area contributed by atoms with Crippen molar-refractivity contribution in [2.75, 3.05) is 0 Å². The molecule has 0 fully saturated rings. The van der Waals surface area contributed by atoms with Gasteiger partial charge >= 0.3 is 0 Å². The van der Waals surface area contributed by atoms with Crippen LogP contribution in [-0.2, 0) is 4.79 Å². The van der Waals surface area contributed by atoms with Crippen LogP contribution in [0.15, 0.2) is 0 Å². The van der Waals surface area contributed by atoms with Gasteiger partial charge in [0.05, 0.1) is 11.0 Å². The van der Waals surface area contributed by atoms with Crippen molar-refractivity contribution in [1.29, 1.82) is 0 Å². The van der Waals surface area contributed by atoms with Gasteiger partial charge < -0.3 is 11.1 Å². The summed E-state index contributed by atoms with van der Waals surface area (Å²) in [6.45, 7) is 4.03. The number of hydrogen-bond donors (Lipinski definition) is 2. The van der Waals surface area contributed by atoms with Gasteiger partial charge in [-0.15, -0.1) is 0 Å². The Morgan fingerprint density at radius 1 is 1.82 bits per heavy atom. The van der Waals surface area contributed by atoms with Gasteiger partial charge in [0, 0.05) is 0 Å².